The molecule has 2 aliphatic heterocycles. The summed E-state index contributed by atoms with van der Waals surface area (Å²) < 4.78 is 24.0. The molecule has 0 spiro atoms. The predicted molar refractivity (Wildman–Crippen MR) is 145 cm³/mol. The van der Waals surface area contributed by atoms with E-state index in [1.165, 1.54) is 43.3 Å². The molecule has 3 heterocycles. The molecular weight excluding hydrogens is 455 g/mol. The van der Waals surface area contributed by atoms with Gasteiger partial charge in [0.05, 0.1) is 0 Å². The van der Waals surface area contributed by atoms with E-state index in [1.54, 1.807) is 0 Å². The molecule has 0 atom stereocenters. The SMILES string of the molecule is Cc1cc(C)c2c(c1)[pH]c1cc(C)cc(C)c1c1ccc3c(c1c1c4c(ccc21)OCO4)OCO3. The smallest absolute Gasteiger partial charge is 0.231 e. The van der Waals surface area contributed by atoms with Crippen LogP contribution in [0.5, 0.6) is 23.0 Å². The molecule has 7 rings (SSSR count). The lowest BCUT2D eigenvalue weighted by atomic mass is 9.96. The van der Waals surface area contributed by atoms with Gasteiger partial charge >= 0.3 is 0 Å². The normalized spacial score (nSPS) is 13.8. The third-order valence-corrected chi connectivity index (χ3v) is 8.42. The van der Waals surface area contributed by atoms with Gasteiger partial charge in [0.2, 0.25) is 13.6 Å². The largest absolute Gasteiger partial charge is 0.454 e. The highest BCUT2D eigenvalue weighted by atomic mass is 31.0. The van der Waals surface area contributed by atoms with E-state index in [0.717, 1.165) is 44.5 Å². The van der Waals surface area contributed by atoms with Crippen LogP contribution in [-0.2, 0) is 0 Å². The van der Waals surface area contributed by atoms with E-state index in [1.807, 2.05) is 12.1 Å². The van der Waals surface area contributed by atoms with Gasteiger partial charge in [0.15, 0.2) is 23.0 Å². The lowest BCUT2D eigenvalue weighted by molar-refractivity contribution is 0.174. The predicted octanol–water partition coefficient (Wildman–Crippen LogP) is 8.15. The van der Waals surface area contributed by atoms with Crippen molar-refractivity contribution < 1.29 is 18.9 Å². The van der Waals surface area contributed by atoms with Crippen molar-refractivity contribution in [1.29, 1.82) is 0 Å². The molecule has 0 radical (unpaired) electrons. The van der Waals surface area contributed by atoms with E-state index < -0.39 is 0 Å². The fourth-order valence-corrected chi connectivity index (χ4v) is 7.65. The molecule has 0 bridgehead atoms. The van der Waals surface area contributed by atoms with E-state index >= 15 is 0 Å². The minimum absolute atomic E-state index is 0.212. The minimum atomic E-state index is 0.212. The van der Waals surface area contributed by atoms with Crippen molar-refractivity contribution in [3.05, 3.63) is 70.8 Å². The topological polar surface area (TPSA) is 36.9 Å². The van der Waals surface area contributed by atoms with E-state index in [4.69, 9.17) is 18.9 Å². The molecule has 0 unspecified atom stereocenters. The van der Waals surface area contributed by atoms with Gasteiger partial charge in [-0.2, -0.15) is 0 Å². The summed E-state index contributed by atoms with van der Waals surface area (Å²) in [5.41, 5.74) is 5.06. The first-order chi connectivity index (χ1) is 17.0. The monoisotopic (exact) mass is 480 g/mol. The Labute approximate surface area is 204 Å². The third kappa shape index (κ3) is 3.00. The van der Waals surface area contributed by atoms with Gasteiger partial charge in [-0.05, 0) is 118 Å². The molecule has 0 fully saturated rings. The van der Waals surface area contributed by atoms with Crippen molar-refractivity contribution in [2.75, 3.05) is 13.6 Å². The van der Waals surface area contributed by atoms with Crippen molar-refractivity contribution in [2.24, 2.45) is 0 Å². The van der Waals surface area contributed by atoms with Crippen LogP contribution in [0.25, 0.3) is 42.6 Å². The highest BCUT2D eigenvalue weighted by Crippen LogP contribution is 2.51. The molecule has 4 nitrogen and oxygen atoms in total. The Balaban J connectivity index is 1.94. The van der Waals surface area contributed by atoms with Gasteiger partial charge in [-0.15, -0.1) is 8.19 Å². The second-order valence-electron chi connectivity index (χ2n) is 9.58. The van der Waals surface area contributed by atoms with E-state index in [0.29, 0.717) is 8.19 Å². The lowest BCUT2D eigenvalue weighted by Crippen LogP contribution is -1.94. The highest BCUT2D eigenvalue weighted by molar-refractivity contribution is 7.42. The summed E-state index contributed by atoms with van der Waals surface area (Å²) in [4.78, 5) is 0. The van der Waals surface area contributed by atoms with Gasteiger partial charge < -0.3 is 18.9 Å². The molecule has 35 heavy (non-hydrogen) atoms. The quantitative estimate of drug-likeness (QED) is 0.224. The second-order valence-corrected chi connectivity index (χ2v) is 10.9. The van der Waals surface area contributed by atoms with Gasteiger partial charge in [0.1, 0.15) is 0 Å². The zero-order valence-corrected chi connectivity index (χ0v) is 21.2. The molecule has 5 heteroatoms. The first-order valence-corrected chi connectivity index (χ1v) is 12.9. The lowest BCUT2D eigenvalue weighted by Gasteiger charge is -2.11. The van der Waals surface area contributed by atoms with Gasteiger partial charge in [-0.25, -0.2) is 0 Å². The average Bonchev–Trinajstić information content (AvgIpc) is 3.47. The van der Waals surface area contributed by atoms with Crippen LogP contribution >= 0.6 is 8.19 Å². The first kappa shape index (κ1) is 20.7. The molecule has 5 aromatic rings. The number of hydrogen-bond donors (Lipinski definition) is 0. The summed E-state index contributed by atoms with van der Waals surface area (Å²) in [6.45, 7) is 9.20. The summed E-state index contributed by atoms with van der Waals surface area (Å²) in [5.74, 6) is 3.07. The number of hydrogen-bond acceptors (Lipinski definition) is 4. The van der Waals surface area contributed by atoms with Crippen molar-refractivity contribution >= 4 is 50.7 Å². The molecule has 0 saturated heterocycles. The summed E-state index contributed by atoms with van der Waals surface area (Å²) in [5, 5.41) is 9.52. The van der Waals surface area contributed by atoms with E-state index in [2.05, 4.69) is 64.1 Å². The summed E-state index contributed by atoms with van der Waals surface area (Å²) >= 11 is 0. The van der Waals surface area contributed by atoms with Crippen LogP contribution in [0.1, 0.15) is 22.3 Å². The van der Waals surface area contributed by atoms with Crippen molar-refractivity contribution in [3.63, 3.8) is 0 Å². The minimum Gasteiger partial charge on any atom is -0.454 e. The Morgan fingerprint density at radius 1 is 0.543 bits per heavy atom. The summed E-state index contributed by atoms with van der Waals surface area (Å²) in [6, 6.07) is 17.7. The maximum absolute atomic E-state index is 6.15. The van der Waals surface area contributed by atoms with E-state index in [-0.39, 0.29) is 13.6 Å². The highest BCUT2D eigenvalue weighted by Gasteiger charge is 2.25. The van der Waals surface area contributed by atoms with E-state index in [9.17, 15) is 0 Å². The molecular formula is C30H25O4P. The Kier molecular flexibility index (Phi) is 4.40. The molecule has 4 aromatic carbocycles. The van der Waals surface area contributed by atoms with Crippen LogP contribution in [0.15, 0.2) is 48.5 Å². The van der Waals surface area contributed by atoms with Gasteiger partial charge in [0, 0.05) is 10.8 Å². The molecule has 0 aliphatic carbocycles. The third-order valence-electron chi connectivity index (χ3n) is 7.10. The maximum atomic E-state index is 6.15. The molecule has 1 aromatic heterocycles. The van der Waals surface area contributed by atoms with Gasteiger partial charge in [-0.3, -0.25) is 0 Å². The van der Waals surface area contributed by atoms with Crippen LogP contribution in [0.2, 0.25) is 0 Å². The summed E-state index contributed by atoms with van der Waals surface area (Å²) in [6.07, 6.45) is 0. The van der Waals surface area contributed by atoms with Crippen LogP contribution in [-0.4, -0.2) is 13.6 Å². The Bertz CT molecular complexity index is 1670. The number of fused-ring (bicyclic) bond motifs is 11. The zero-order chi connectivity index (χ0) is 23.8. The number of ether oxygens (including phenoxy) is 4. The summed E-state index contributed by atoms with van der Waals surface area (Å²) in [7, 11) is 0.514. The van der Waals surface area contributed by atoms with Crippen molar-refractivity contribution in [1.82, 2.24) is 0 Å². The Morgan fingerprint density at radius 2 is 1.00 bits per heavy atom. The first-order valence-electron chi connectivity index (χ1n) is 11.9. The molecule has 2 aliphatic rings. The molecule has 0 N–H and O–H groups in total. The van der Waals surface area contributed by atoms with Crippen molar-refractivity contribution in [2.45, 2.75) is 27.7 Å². The number of benzene rings is 4. The molecule has 0 saturated carbocycles. The second kappa shape index (κ2) is 7.44. The van der Waals surface area contributed by atoms with Gasteiger partial charge in [-0.1, -0.05) is 12.1 Å². The van der Waals surface area contributed by atoms with Gasteiger partial charge in [0.25, 0.3) is 0 Å². The van der Waals surface area contributed by atoms with Crippen LogP contribution in [0.4, 0.5) is 0 Å². The Hall–Kier alpha value is -3.62. The Morgan fingerprint density at radius 3 is 1.46 bits per heavy atom. The molecule has 0 amide bonds. The van der Waals surface area contributed by atoms with Crippen LogP contribution in [0, 0.1) is 27.7 Å². The maximum Gasteiger partial charge on any atom is 0.231 e. The van der Waals surface area contributed by atoms with Crippen LogP contribution in [0.3, 0.4) is 0 Å². The number of aryl methyl sites for hydroxylation is 4. The fraction of sp³-hybridized carbons (Fsp3) is 0.200. The zero-order valence-electron chi connectivity index (χ0n) is 20.2. The fourth-order valence-electron chi connectivity index (χ4n) is 5.85. The van der Waals surface area contributed by atoms with Crippen molar-refractivity contribution in [3.8, 4) is 23.0 Å². The molecule has 174 valence electrons. The number of rotatable bonds is 0. The van der Waals surface area contributed by atoms with Crippen LogP contribution < -0.4 is 18.9 Å². The average molecular weight is 481 g/mol. The standard InChI is InChI=1S/C30H25O4P/c1-15-9-17(3)25-19-5-7-21-29(33-13-31-21)27(19)28-20(6-8-22-30(28)34-14-32-22)26-18(4)10-16(2)12-24(26)35-23(25)11-15/h5-12,35H,13-14H2,1-4H3.